The van der Waals surface area contributed by atoms with Gasteiger partial charge in [0.05, 0.1) is 0 Å². The predicted molar refractivity (Wildman–Crippen MR) is 68.1 cm³/mol. The molecule has 1 aromatic heterocycles. The summed E-state index contributed by atoms with van der Waals surface area (Å²) in [6, 6.07) is 6.06. The maximum absolute atomic E-state index is 10.3. The van der Waals surface area contributed by atoms with Crippen molar-refractivity contribution in [1.82, 2.24) is 9.88 Å². The molecule has 0 spiro atoms. The first kappa shape index (κ1) is 11.9. The number of hydrogen-bond donors (Lipinski definition) is 2. The highest BCUT2D eigenvalue weighted by Crippen LogP contribution is 2.15. The van der Waals surface area contributed by atoms with Crippen LogP contribution in [0.3, 0.4) is 0 Å². The Morgan fingerprint density at radius 1 is 1.35 bits per heavy atom. The highest BCUT2D eigenvalue weighted by molar-refractivity contribution is 5.69. The van der Waals surface area contributed by atoms with Crippen LogP contribution in [0.5, 0.6) is 0 Å². The lowest BCUT2D eigenvalue weighted by atomic mass is 10.1. The van der Waals surface area contributed by atoms with E-state index in [0.717, 1.165) is 31.7 Å². The van der Waals surface area contributed by atoms with Gasteiger partial charge < -0.3 is 15.5 Å². The third kappa shape index (κ3) is 3.42. The minimum Gasteiger partial charge on any atom is -0.367 e. The second kappa shape index (κ2) is 5.63. The smallest absolute Gasteiger partial charge is 0.212 e. The maximum atomic E-state index is 10.3. The van der Waals surface area contributed by atoms with Crippen molar-refractivity contribution in [2.75, 3.05) is 30.8 Å². The van der Waals surface area contributed by atoms with Crippen LogP contribution in [0.1, 0.15) is 12.8 Å². The lowest BCUT2D eigenvalue weighted by Gasteiger charge is -2.29. The van der Waals surface area contributed by atoms with Crippen molar-refractivity contribution >= 4 is 18.0 Å². The van der Waals surface area contributed by atoms with Gasteiger partial charge in [0.25, 0.3) is 0 Å². The van der Waals surface area contributed by atoms with E-state index in [1.165, 1.54) is 0 Å². The minimum atomic E-state index is 0.477. The normalized spacial score (nSPS) is 17.7. The van der Waals surface area contributed by atoms with Crippen LogP contribution in [0.2, 0.25) is 0 Å². The van der Waals surface area contributed by atoms with Gasteiger partial charge in [0.15, 0.2) is 0 Å². The van der Waals surface area contributed by atoms with E-state index in [0.29, 0.717) is 18.3 Å². The van der Waals surface area contributed by atoms with Gasteiger partial charge in [0.2, 0.25) is 6.41 Å². The molecule has 1 aromatic rings. The summed E-state index contributed by atoms with van der Waals surface area (Å²) in [6.07, 6.45) is 2.90. The van der Waals surface area contributed by atoms with Crippen molar-refractivity contribution in [3.63, 3.8) is 0 Å². The van der Waals surface area contributed by atoms with Gasteiger partial charge in [-0.15, -0.1) is 0 Å². The number of nitrogens with one attached hydrogen (secondary N) is 2. The van der Waals surface area contributed by atoms with E-state index in [1.807, 2.05) is 12.1 Å². The Balaban J connectivity index is 1.93. The van der Waals surface area contributed by atoms with Gasteiger partial charge >= 0.3 is 0 Å². The van der Waals surface area contributed by atoms with Crippen LogP contribution in [0.25, 0.3) is 0 Å². The number of rotatable bonds is 4. The zero-order valence-electron chi connectivity index (χ0n) is 10.0. The van der Waals surface area contributed by atoms with Gasteiger partial charge in [0.1, 0.15) is 11.6 Å². The van der Waals surface area contributed by atoms with Gasteiger partial charge in [-0.2, -0.15) is 0 Å². The lowest BCUT2D eigenvalue weighted by Crippen LogP contribution is -2.36. The zero-order chi connectivity index (χ0) is 12.1. The van der Waals surface area contributed by atoms with Crippen LogP contribution < -0.4 is 10.6 Å². The number of anilines is 2. The molecule has 1 amide bonds. The summed E-state index contributed by atoms with van der Waals surface area (Å²) in [7, 11) is 2.14. The molecule has 1 saturated heterocycles. The van der Waals surface area contributed by atoms with E-state index in [2.05, 4.69) is 27.6 Å². The number of likely N-dealkylation sites (tertiary alicyclic amines) is 1. The van der Waals surface area contributed by atoms with E-state index in [1.54, 1.807) is 6.07 Å². The summed E-state index contributed by atoms with van der Waals surface area (Å²) in [4.78, 5) is 17.0. The molecule has 0 bridgehead atoms. The molecule has 0 radical (unpaired) electrons. The molecule has 2 heterocycles. The molecule has 1 fully saturated rings. The van der Waals surface area contributed by atoms with Crippen LogP contribution in [0.4, 0.5) is 11.6 Å². The van der Waals surface area contributed by atoms with E-state index in [4.69, 9.17) is 0 Å². The number of aromatic nitrogens is 1. The van der Waals surface area contributed by atoms with Crippen LogP contribution in [0, 0.1) is 0 Å². The molecular weight excluding hydrogens is 216 g/mol. The average Bonchev–Trinajstić information content (AvgIpc) is 2.33. The molecule has 0 atom stereocenters. The van der Waals surface area contributed by atoms with Gasteiger partial charge in [-0.3, -0.25) is 4.79 Å². The standard InChI is InChI=1S/C12H18N4O/c1-16-7-5-10(6-8-16)14-12-4-2-3-11(15-12)13-9-17/h2-4,9-10H,5-8H2,1H3,(H2,13,14,15,17). The van der Waals surface area contributed by atoms with Gasteiger partial charge in [-0.25, -0.2) is 4.98 Å². The van der Waals surface area contributed by atoms with Crippen LogP contribution in [-0.4, -0.2) is 42.5 Å². The lowest BCUT2D eigenvalue weighted by molar-refractivity contribution is -0.105. The SMILES string of the molecule is CN1CCC(Nc2cccc(NC=O)n2)CC1. The highest BCUT2D eigenvalue weighted by atomic mass is 16.1. The molecule has 1 aliphatic rings. The molecule has 0 unspecified atom stereocenters. The minimum absolute atomic E-state index is 0.477. The van der Waals surface area contributed by atoms with Crippen molar-refractivity contribution in [2.24, 2.45) is 0 Å². The second-order valence-corrected chi connectivity index (χ2v) is 4.39. The van der Waals surface area contributed by atoms with Crippen LogP contribution in [0.15, 0.2) is 18.2 Å². The average molecular weight is 234 g/mol. The molecule has 5 nitrogen and oxygen atoms in total. The monoisotopic (exact) mass is 234 g/mol. The summed E-state index contributed by atoms with van der Waals surface area (Å²) < 4.78 is 0. The third-order valence-electron chi connectivity index (χ3n) is 3.03. The Morgan fingerprint density at radius 2 is 2.06 bits per heavy atom. The maximum Gasteiger partial charge on any atom is 0.212 e. The number of hydrogen-bond acceptors (Lipinski definition) is 4. The molecule has 2 N–H and O–H groups in total. The molecule has 5 heteroatoms. The quantitative estimate of drug-likeness (QED) is 0.767. The first-order valence-corrected chi connectivity index (χ1v) is 5.90. The first-order valence-electron chi connectivity index (χ1n) is 5.90. The zero-order valence-corrected chi connectivity index (χ0v) is 10.0. The van der Waals surface area contributed by atoms with E-state index in [9.17, 15) is 4.79 Å². The number of amides is 1. The second-order valence-electron chi connectivity index (χ2n) is 4.39. The topological polar surface area (TPSA) is 57.3 Å². The number of piperidine rings is 1. The van der Waals surface area contributed by atoms with Crippen molar-refractivity contribution in [1.29, 1.82) is 0 Å². The molecule has 0 aromatic carbocycles. The Morgan fingerprint density at radius 3 is 2.76 bits per heavy atom. The summed E-state index contributed by atoms with van der Waals surface area (Å²) in [5.74, 6) is 1.41. The van der Waals surface area contributed by atoms with Crippen molar-refractivity contribution in [3.8, 4) is 0 Å². The van der Waals surface area contributed by atoms with Crippen LogP contribution >= 0.6 is 0 Å². The van der Waals surface area contributed by atoms with Gasteiger partial charge in [-0.1, -0.05) is 6.07 Å². The molecule has 0 saturated carbocycles. The van der Waals surface area contributed by atoms with Gasteiger partial charge in [0, 0.05) is 6.04 Å². The molecular formula is C12H18N4O. The fourth-order valence-corrected chi connectivity index (χ4v) is 2.02. The van der Waals surface area contributed by atoms with E-state index >= 15 is 0 Å². The van der Waals surface area contributed by atoms with Gasteiger partial charge in [-0.05, 0) is 45.1 Å². The Kier molecular flexibility index (Phi) is 3.93. The molecule has 2 rings (SSSR count). The fraction of sp³-hybridized carbons (Fsp3) is 0.500. The number of nitrogens with zero attached hydrogens (tertiary/aromatic N) is 2. The summed E-state index contributed by atoms with van der Waals surface area (Å²) in [5, 5.41) is 5.96. The first-order chi connectivity index (χ1) is 8.28. The molecule has 92 valence electrons. The Hall–Kier alpha value is -1.62. The highest BCUT2D eigenvalue weighted by Gasteiger charge is 2.16. The fourth-order valence-electron chi connectivity index (χ4n) is 2.02. The largest absolute Gasteiger partial charge is 0.367 e. The molecule has 17 heavy (non-hydrogen) atoms. The number of carbonyl (C=O) groups is 1. The Bertz CT molecular complexity index is 375. The Labute approximate surface area is 101 Å². The van der Waals surface area contributed by atoms with E-state index in [-0.39, 0.29) is 0 Å². The summed E-state index contributed by atoms with van der Waals surface area (Å²) in [5.41, 5.74) is 0. The van der Waals surface area contributed by atoms with Crippen molar-refractivity contribution in [3.05, 3.63) is 18.2 Å². The predicted octanol–water partition coefficient (Wildman–Crippen LogP) is 1.16. The van der Waals surface area contributed by atoms with Crippen molar-refractivity contribution < 1.29 is 4.79 Å². The van der Waals surface area contributed by atoms with Crippen molar-refractivity contribution in [2.45, 2.75) is 18.9 Å². The van der Waals surface area contributed by atoms with E-state index < -0.39 is 0 Å². The summed E-state index contributed by atoms with van der Waals surface area (Å²) >= 11 is 0. The molecule has 0 aliphatic carbocycles. The number of carbonyl (C=O) groups excluding carboxylic acids is 1. The molecule has 1 aliphatic heterocycles. The number of pyridine rings is 1. The third-order valence-corrected chi connectivity index (χ3v) is 3.03. The summed E-state index contributed by atoms with van der Waals surface area (Å²) in [6.45, 7) is 2.23. The van der Waals surface area contributed by atoms with Crippen LogP contribution in [-0.2, 0) is 4.79 Å².